The van der Waals surface area contributed by atoms with Crippen LogP contribution in [0.25, 0.3) is 39.5 Å². The quantitative estimate of drug-likeness (QED) is 0.345. The van der Waals surface area contributed by atoms with Gasteiger partial charge in [0, 0.05) is 35.8 Å². The first-order chi connectivity index (χ1) is 17.7. The second-order valence-corrected chi connectivity index (χ2v) is 8.53. The van der Waals surface area contributed by atoms with E-state index in [9.17, 15) is 0 Å². The zero-order valence-corrected chi connectivity index (χ0v) is 19.8. The number of aromatic amines is 1. The number of aryl methyl sites for hydroxylation is 1. The van der Waals surface area contributed by atoms with Crippen molar-refractivity contribution in [1.82, 2.24) is 39.9 Å². The summed E-state index contributed by atoms with van der Waals surface area (Å²) in [6, 6.07) is 24.2. The third kappa shape index (κ3) is 4.37. The van der Waals surface area contributed by atoms with E-state index < -0.39 is 0 Å². The standard InChI is InChI=1S/C28H24N8/c1-19-7-6-11-24(33-19)28-27(21-12-13-26-31-18-32-36(26)17-21)34-25(35-28)16-29-15-20-8-2-3-9-22(20)23-10-4-5-14-30-23/h2-14,17-18,29H,15-16H2,1H3,(H,34,35). The van der Waals surface area contributed by atoms with Crippen molar-refractivity contribution in [3.63, 3.8) is 0 Å². The molecule has 0 aliphatic heterocycles. The van der Waals surface area contributed by atoms with E-state index in [0.29, 0.717) is 13.1 Å². The summed E-state index contributed by atoms with van der Waals surface area (Å²) < 4.78 is 1.75. The van der Waals surface area contributed by atoms with Crippen LogP contribution < -0.4 is 5.32 Å². The Labute approximate surface area is 208 Å². The van der Waals surface area contributed by atoms with Crippen LogP contribution in [0.5, 0.6) is 0 Å². The number of aromatic nitrogens is 7. The number of hydrogen-bond acceptors (Lipinski definition) is 6. The van der Waals surface area contributed by atoms with E-state index in [1.54, 1.807) is 10.8 Å². The molecule has 0 spiro atoms. The van der Waals surface area contributed by atoms with Gasteiger partial charge in [-0.15, -0.1) is 0 Å². The van der Waals surface area contributed by atoms with Gasteiger partial charge in [-0.25, -0.2) is 14.5 Å². The van der Waals surface area contributed by atoms with Gasteiger partial charge in [0.25, 0.3) is 0 Å². The fourth-order valence-electron chi connectivity index (χ4n) is 4.30. The lowest BCUT2D eigenvalue weighted by Crippen LogP contribution is -2.14. The maximum atomic E-state index is 4.96. The largest absolute Gasteiger partial charge is 0.339 e. The van der Waals surface area contributed by atoms with Crippen molar-refractivity contribution in [1.29, 1.82) is 0 Å². The van der Waals surface area contributed by atoms with Gasteiger partial charge >= 0.3 is 0 Å². The highest BCUT2D eigenvalue weighted by Crippen LogP contribution is 2.29. The smallest absolute Gasteiger partial charge is 0.155 e. The summed E-state index contributed by atoms with van der Waals surface area (Å²) in [5, 5.41) is 7.82. The first-order valence-corrected chi connectivity index (χ1v) is 11.8. The fraction of sp³-hybridized carbons (Fsp3) is 0.107. The van der Waals surface area contributed by atoms with E-state index in [-0.39, 0.29) is 0 Å². The van der Waals surface area contributed by atoms with E-state index in [2.05, 4.69) is 43.6 Å². The van der Waals surface area contributed by atoms with E-state index in [1.165, 1.54) is 5.56 Å². The molecule has 5 heterocycles. The minimum atomic E-state index is 0.570. The Hall–Kier alpha value is -4.69. The number of fused-ring (bicyclic) bond motifs is 1. The minimum absolute atomic E-state index is 0.570. The average Bonchev–Trinajstić information content (AvgIpc) is 3.56. The molecule has 0 aliphatic carbocycles. The Morgan fingerprint density at radius 2 is 1.72 bits per heavy atom. The molecule has 0 saturated heterocycles. The van der Waals surface area contributed by atoms with Gasteiger partial charge in [0.1, 0.15) is 12.2 Å². The van der Waals surface area contributed by atoms with Crippen molar-refractivity contribution in [2.24, 2.45) is 0 Å². The predicted molar refractivity (Wildman–Crippen MR) is 139 cm³/mol. The van der Waals surface area contributed by atoms with Gasteiger partial charge in [-0.2, -0.15) is 5.10 Å². The van der Waals surface area contributed by atoms with Crippen molar-refractivity contribution in [2.45, 2.75) is 20.0 Å². The summed E-state index contributed by atoms with van der Waals surface area (Å²) in [7, 11) is 0. The monoisotopic (exact) mass is 472 g/mol. The highest BCUT2D eigenvalue weighted by molar-refractivity contribution is 5.77. The lowest BCUT2D eigenvalue weighted by atomic mass is 10.0. The van der Waals surface area contributed by atoms with Gasteiger partial charge in [-0.3, -0.25) is 9.97 Å². The van der Waals surface area contributed by atoms with Crippen LogP contribution >= 0.6 is 0 Å². The molecule has 0 bridgehead atoms. The normalized spacial score (nSPS) is 11.2. The number of pyridine rings is 3. The number of rotatable bonds is 7. The van der Waals surface area contributed by atoms with Crippen LogP contribution in [0, 0.1) is 6.92 Å². The maximum absolute atomic E-state index is 4.96. The van der Waals surface area contributed by atoms with Crippen LogP contribution in [0.3, 0.4) is 0 Å². The summed E-state index contributed by atoms with van der Waals surface area (Å²) in [6.07, 6.45) is 5.31. The van der Waals surface area contributed by atoms with E-state index in [4.69, 9.17) is 9.97 Å². The van der Waals surface area contributed by atoms with Gasteiger partial charge in [-0.1, -0.05) is 36.4 Å². The lowest BCUT2D eigenvalue weighted by molar-refractivity contribution is 0.670. The zero-order chi connectivity index (χ0) is 24.3. The number of nitrogens with zero attached hydrogens (tertiary/aromatic N) is 6. The van der Waals surface area contributed by atoms with Gasteiger partial charge in [-0.05, 0) is 48.9 Å². The minimum Gasteiger partial charge on any atom is -0.339 e. The number of nitrogens with one attached hydrogen (secondary N) is 2. The summed E-state index contributed by atoms with van der Waals surface area (Å²) >= 11 is 0. The average molecular weight is 473 g/mol. The van der Waals surface area contributed by atoms with Crippen LogP contribution in [0.15, 0.2) is 91.5 Å². The molecule has 36 heavy (non-hydrogen) atoms. The fourth-order valence-corrected chi connectivity index (χ4v) is 4.30. The third-order valence-corrected chi connectivity index (χ3v) is 6.01. The highest BCUT2D eigenvalue weighted by atomic mass is 15.3. The molecule has 0 fully saturated rings. The molecule has 0 amide bonds. The summed E-state index contributed by atoms with van der Waals surface area (Å²) in [5.41, 5.74) is 8.50. The molecule has 6 rings (SSSR count). The number of imidazole rings is 1. The van der Waals surface area contributed by atoms with Crippen LogP contribution in [-0.2, 0) is 13.1 Å². The van der Waals surface area contributed by atoms with E-state index >= 15 is 0 Å². The third-order valence-electron chi connectivity index (χ3n) is 6.01. The van der Waals surface area contributed by atoms with Crippen molar-refractivity contribution in [3.8, 4) is 33.9 Å². The molecule has 6 aromatic rings. The highest BCUT2D eigenvalue weighted by Gasteiger charge is 2.16. The van der Waals surface area contributed by atoms with Crippen molar-refractivity contribution < 1.29 is 0 Å². The molecule has 0 aliphatic rings. The molecular weight excluding hydrogens is 448 g/mol. The summed E-state index contributed by atoms with van der Waals surface area (Å²) in [5.74, 6) is 0.831. The second kappa shape index (κ2) is 9.52. The molecule has 2 N–H and O–H groups in total. The number of benzene rings is 1. The Bertz CT molecular complexity index is 1630. The molecule has 8 heteroatoms. The van der Waals surface area contributed by atoms with Crippen LogP contribution in [0.2, 0.25) is 0 Å². The molecule has 8 nitrogen and oxygen atoms in total. The van der Waals surface area contributed by atoms with E-state index in [1.807, 2.05) is 73.9 Å². The van der Waals surface area contributed by atoms with Gasteiger partial charge in [0.05, 0.1) is 29.3 Å². The summed E-state index contributed by atoms with van der Waals surface area (Å²) in [4.78, 5) is 22.0. The Morgan fingerprint density at radius 1 is 0.833 bits per heavy atom. The van der Waals surface area contributed by atoms with Crippen molar-refractivity contribution >= 4 is 5.65 Å². The topological polar surface area (TPSA) is 96.7 Å². The Kier molecular flexibility index (Phi) is 5.77. The van der Waals surface area contributed by atoms with Gasteiger partial charge < -0.3 is 10.3 Å². The molecule has 0 unspecified atom stereocenters. The number of hydrogen-bond donors (Lipinski definition) is 2. The Morgan fingerprint density at radius 3 is 2.61 bits per heavy atom. The molecule has 5 aromatic heterocycles. The zero-order valence-electron chi connectivity index (χ0n) is 19.8. The van der Waals surface area contributed by atoms with Crippen LogP contribution in [-0.4, -0.2) is 34.5 Å². The Balaban J connectivity index is 1.29. The van der Waals surface area contributed by atoms with Crippen molar-refractivity contribution in [2.75, 3.05) is 0 Å². The maximum Gasteiger partial charge on any atom is 0.155 e. The molecule has 0 atom stereocenters. The molecule has 0 radical (unpaired) electrons. The van der Waals surface area contributed by atoms with Gasteiger partial charge in [0.2, 0.25) is 0 Å². The molecule has 0 saturated carbocycles. The summed E-state index contributed by atoms with van der Waals surface area (Å²) in [6.45, 7) is 3.25. The van der Waals surface area contributed by atoms with Crippen molar-refractivity contribution in [3.05, 3.63) is 109 Å². The molecule has 176 valence electrons. The molecular formula is C28H24N8. The first kappa shape index (κ1) is 21.8. The first-order valence-electron chi connectivity index (χ1n) is 11.8. The SMILES string of the molecule is Cc1cccc(-c2[nH]c(CNCc3ccccc3-c3ccccn3)nc2-c2ccc3ncnn3c2)n1. The molecule has 1 aromatic carbocycles. The van der Waals surface area contributed by atoms with Gasteiger partial charge in [0.15, 0.2) is 5.65 Å². The second-order valence-electron chi connectivity index (χ2n) is 8.53. The number of H-pyrrole nitrogens is 1. The van der Waals surface area contributed by atoms with Crippen LogP contribution in [0.1, 0.15) is 17.1 Å². The van der Waals surface area contributed by atoms with E-state index in [0.717, 1.165) is 51.1 Å². The lowest BCUT2D eigenvalue weighted by Gasteiger charge is -2.09. The van der Waals surface area contributed by atoms with Crippen LogP contribution in [0.4, 0.5) is 0 Å². The predicted octanol–water partition coefficient (Wildman–Crippen LogP) is 4.84.